The number of carbonyl (C=O) groups excluding carboxylic acids is 1. The van der Waals surface area contributed by atoms with Gasteiger partial charge in [-0.1, -0.05) is 36.8 Å². The number of hydrogen-bond acceptors (Lipinski definition) is 3. The number of carboxylic acid groups (broad SMARTS) is 1. The molecule has 1 saturated carbocycles. The van der Waals surface area contributed by atoms with Gasteiger partial charge in [0, 0.05) is 18.6 Å². The Bertz CT molecular complexity index is 556. The number of nitrogens with one attached hydrogen (secondary N) is 2. The summed E-state index contributed by atoms with van der Waals surface area (Å²) in [4.78, 5) is 24.6. The molecule has 126 valence electrons. The number of aryl methyl sites for hydroxylation is 1. The molecule has 0 heterocycles. The van der Waals surface area contributed by atoms with Gasteiger partial charge in [0.2, 0.25) is 0 Å². The Morgan fingerprint density at radius 1 is 1.35 bits per heavy atom. The van der Waals surface area contributed by atoms with Gasteiger partial charge in [0.1, 0.15) is 0 Å². The fourth-order valence-corrected chi connectivity index (χ4v) is 2.92. The monoisotopic (exact) mass is 319 g/mol. The molecule has 1 fully saturated rings. The van der Waals surface area contributed by atoms with E-state index in [2.05, 4.69) is 10.6 Å². The van der Waals surface area contributed by atoms with Crippen LogP contribution in [0.25, 0.3) is 0 Å². The van der Waals surface area contributed by atoms with Gasteiger partial charge in [0.05, 0.1) is 6.54 Å². The molecular weight excluding hydrogens is 294 g/mol. The molecular formula is C17H25N3O3. The summed E-state index contributed by atoms with van der Waals surface area (Å²) in [6.07, 6.45) is 1.61. The van der Waals surface area contributed by atoms with Gasteiger partial charge in [-0.15, -0.1) is 0 Å². The van der Waals surface area contributed by atoms with Crippen molar-refractivity contribution in [1.82, 2.24) is 15.5 Å². The maximum atomic E-state index is 11.9. The molecule has 0 saturated heterocycles. The predicted octanol–water partition coefficient (Wildman–Crippen LogP) is 1.73. The van der Waals surface area contributed by atoms with E-state index in [9.17, 15) is 9.59 Å². The molecule has 1 aromatic carbocycles. The lowest BCUT2D eigenvalue weighted by Crippen LogP contribution is -2.56. The molecule has 2 amide bonds. The quantitative estimate of drug-likeness (QED) is 0.715. The van der Waals surface area contributed by atoms with E-state index in [-0.39, 0.29) is 24.7 Å². The van der Waals surface area contributed by atoms with Gasteiger partial charge in [0.25, 0.3) is 0 Å². The SMILES string of the molecule is CCN(CC(=O)O)C1CC(NC(=O)NCc2cccc(C)c2)C1. The average molecular weight is 319 g/mol. The molecule has 1 aliphatic carbocycles. The van der Waals surface area contributed by atoms with Crippen LogP contribution in [0.3, 0.4) is 0 Å². The van der Waals surface area contributed by atoms with Crippen LogP contribution in [0, 0.1) is 6.92 Å². The van der Waals surface area contributed by atoms with E-state index in [0.29, 0.717) is 13.1 Å². The van der Waals surface area contributed by atoms with Crippen LogP contribution in [0.5, 0.6) is 0 Å². The number of urea groups is 1. The van der Waals surface area contributed by atoms with Gasteiger partial charge in [-0.25, -0.2) is 4.79 Å². The second-order valence-corrected chi connectivity index (χ2v) is 6.10. The number of likely N-dealkylation sites (N-methyl/N-ethyl adjacent to an activating group) is 1. The van der Waals surface area contributed by atoms with Gasteiger partial charge >= 0.3 is 12.0 Å². The maximum Gasteiger partial charge on any atom is 0.317 e. The van der Waals surface area contributed by atoms with Crippen molar-refractivity contribution in [3.05, 3.63) is 35.4 Å². The molecule has 6 heteroatoms. The molecule has 0 spiro atoms. The number of aliphatic carboxylic acids is 1. The number of hydrogen-bond donors (Lipinski definition) is 3. The first kappa shape index (κ1) is 17.3. The van der Waals surface area contributed by atoms with E-state index >= 15 is 0 Å². The van der Waals surface area contributed by atoms with Crippen molar-refractivity contribution in [2.45, 2.75) is 45.3 Å². The first-order valence-electron chi connectivity index (χ1n) is 8.03. The van der Waals surface area contributed by atoms with E-state index in [4.69, 9.17) is 5.11 Å². The molecule has 3 N–H and O–H groups in total. The first-order chi connectivity index (χ1) is 11.0. The zero-order valence-electron chi connectivity index (χ0n) is 13.7. The van der Waals surface area contributed by atoms with Crippen LogP contribution in [0.1, 0.15) is 30.9 Å². The first-order valence-corrected chi connectivity index (χ1v) is 8.03. The van der Waals surface area contributed by atoms with Crippen molar-refractivity contribution < 1.29 is 14.7 Å². The van der Waals surface area contributed by atoms with Gasteiger partial charge in [-0.05, 0) is 31.9 Å². The van der Waals surface area contributed by atoms with Gasteiger partial charge < -0.3 is 15.7 Å². The van der Waals surface area contributed by atoms with Crippen molar-refractivity contribution in [3.63, 3.8) is 0 Å². The fraction of sp³-hybridized carbons (Fsp3) is 0.529. The Labute approximate surface area is 136 Å². The molecule has 1 aliphatic rings. The Balaban J connectivity index is 1.68. The molecule has 1 aromatic rings. The highest BCUT2D eigenvalue weighted by molar-refractivity contribution is 5.74. The summed E-state index contributed by atoms with van der Waals surface area (Å²) >= 11 is 0. The lowest BCUT2D eigenvalue weighted by atomic mass is 9.85. The van der Waals surface area contributed by atoms with E-state index in [1.165, 1.54) is 5.56 Å². The van der Waals surface area contributed by atoms with Gasteiger partial charge in [-0.2, -0.15) is 0 Å². The molecule has 0 unspecified atom stereocenters. The summed E-state index contributed by atoms with van der Waals surface area (Å²) in [5.41, 5.74) is 2.25. The average Bonchev–Trinajstić information content (AvgIpc) is 2.46. The van der Waals surface area contributed by atoms with Crippen LogP contribution in [0.2, 0.25) is 0 Å². The minimum Gasteiger partial charge on any atom is -0.480 e. The molecule has 0 aromatic heterocycles. The van der Waals surface area contributed by atoms with Crippen LogP contribution in [0.4, 0.5) is 4.79 Å². The van der Waals surface area contributed by atoms with Crippen LogP contribution < -0.4 is 10.6 Å². The third-order valence-electron chi connectivity index (χ3n) is 4.24. The summed E-state index contributed by atoms with van der Waals surface area (Å²) in [6, 6.07) is 8.23. The summed E-state index contributed by atoms with van der Waals surface area (Å²) in [5, 5.41) is 14.7. The predicted molar refractivity (Wildman–Crippen MR) is 88.2 cm³/mol. The van der Waals surface area contributed by atoms with E-state index < -0.39 is 5.97 Å². The van der Waals surface area contributed by atoms with Crippen molar-refractivity contribution >= 4 is 12.0 Å². The normalized spacial score (nSPS) is 20.0. The summed E-state index contributed by atoms with van der Waals surface area (Å²) in [5.74, 6) is -0.806. The number of carboxylic acids is 1. The molecule has 0 bridgehead atoms. The lowest BCUT2D eigenvalue weighted by molar-refractivity contribution is -0.139. The third kappa shape index (κ3) is 5.25. The summed E-state index contributed by atoms with van der Waals surface area (Å²) in [7, 11) is 0. The van der Waals surface area contributed by atoms with Crippen molar-refractivity contribution in [2.75, 3.05) is 13.1 Å². The van der Waals surface area contributed by atoms with Crippen molar-refractivity contribution in [3.8, 4) is 0 Å². The van der Waals surface area contributed by atoms with Gasteiger partial charge in [0.15, 0.2) is 0 Å². The Morgan fingerprint density at radius 3 is 2.70 bits per heavy atom. The standard InChI is InChI=1S/C17H25N3O3/c1-3-20(11-16(21)22)15-8-14(9-15)19-17(23)18-10-13-6-4-5-12(2)7-13/h4-7,14-15H,3,8-11H2,1-2H3,(H,21,22)(H2,18,19,23). The molecule has 0 aliphatic heterocycles. The topological polar surface area (TPSA) is 81.7 Å². The zero-order valence-corrected chi connectivity index (χ0v) is 13.7. The molecule has 6 nitrogen and oxygen atoms in total. The minimum absolute atomic E-state index is 0.0629. The highest BCUT2D eigenvalue weighted by Crippen LogP contribution is 2.25. The second kappa shape index (κ2) is 7.97. The number of nitrogens with zero attached hydrogens (tertiary/aromatic N) is 1. The summed E-state index contributed by atoms with van der Waals surface area (Å²) in [6.45, 7) is 5.26. The van der Waals surface area contributed by atoms with Crippen LogP contribution >= 0.6 is 0 Å². The Morgan fingerprint density at radius 2 is 2.09 bits per heavy atom. The van der Waals surface area contributed by atoms with E-state index in [1.54, 1.807) is 0 Å². The van der Waals surface area contributed by atoms with Crippen molar-refractivity contribution in [1.29, 1.82) is 0 Å². The smallest absolute Gasteiger partial charge is 0.317 e. The number of rotatable bonds is 7. The number of carbonyl (C=O) groups is 2. The van der Waals surface area contributed by atoms with Crippen molar-refractivity contribution in [2.24, 2.45) is 0 Å². The molecule has 0 atom stereocenters. The molecule has 23 heavy (non-hydrogen) atoms. The largest absolute Gasteiger partial charge is 0.480 e. The van der Waals surface area contributed by atoms with Gasteiger partial charge in [-0.3, -0.25) is 9.69 Å². The van der Waals surface area contributed by atoms with E-state index in [1.807, 2.05) is 43.0 Å². The van der Waals surface area contributed by atoms with Crippen LogP contribution in [-0.2, 0) is 11.3 Å². The third-order valence-corrected chi connectivity index (χ3v) is 4.24. The maximum absolute atomic E-state index is 11.9. The van der Waals surface area contributed by atoms with E-state index in [0.717, 1.165) is 18.4 Å². The lowest BCUT2D eigenvalue weighted by Gasteiger charge is -2.42. The minimum atomic E-state index is -0.806. The molecule has 0 radical (unpaired) electrons. The summed E-state index contributed by atoms with van der Waals surface area (Å²) < 4.78 is 0. The number of amides is 2. The Kier molecular flexibility index (Phi) is 5.98. The highest BCUT2D eigenvalue weighted by Gasteiger charge is 2.34. The molecule has 2 rings (SSSR count). The van der Waals surface area contributed by atoms with Crippen LogP contribution in [-0.4, -0.2) is 47.2 Å². The fourth-order valence-electron chi connectivity index (χ4n) is 2.92. The highest BCUT2D eigenvalue weighted by atomic mass is 16.4. The second-order valence-electron chi connectivity index (χ2n) is 6.10. The zero-order chi connectivity index (χ0) is 16.8. The van der Waals surface area contributed by atoms with Crippen LogP contribution in [0.15, 0.2) is 24.3 Å². The number of benzene rings is 1. The Hall–Kier alpha value is -2.08.